The summed E-state index contributed by atoms with van der Waals surface area (Å²) in [4.78, 5) is 0. The molecule has 3 aromatic rings. The molecular formula is C44H46Cl2F6O4Zr-2. The van der Waals surface area contributed by atoms with Crippen LogP contribution in [0.3, 0.4) is 0 Å². The van der Waals surface area contributed by atoms with Crippen LogP contribution in [0, 0.1) is 22.2 Å². The smallest absolute Gasteiger partial charge is 0.172 e. The standard InChI is InChI=1S/C24H33O4.C15H8F6.C5H5.2ClH.Zr/c1-14-17-16-13-15-11-9-10-12-18(15,2)19(16,3)23(7,27)24(8,28)20(17,4)22(6,26)21(14,5)25;16-14(17,18)12-5-1-10(2-6-12)9-11-3-7-13(8-4-11)15(19,20)21;1-2-4-5-3-1;;;/h9-13,25-28H,1-8H3;1-8H;1-5H;2*1H;/q-1;;-1;;;+2/p-2. The molecule has 0 amide bonds. The molecule has 4 N–H and O–H groups in total. The SMILES string of the molecule is C[C-]1C2=C3C=C4C=CC=CC4(C)C3(C)C(C)(O)C(C)(O)C2(C)C(C)(O)C1(C)O.FC(F)(F)c1ccc([C](=[Zr+2])c2ccc(C(F)(F)F)cc2)cc1.[Cl-].[Cl-].c1cc[cH-]c1. The third-order valence-corrected chi connectivity index (χ3v) is 15.0. The van der Waals surface area contributed by atoms with Gasteiger partial charge < -0.3 is 45.2 Å². The van der Waals surface area contributed by atoms with E-state index in [4.69, 9.17) is 0 Å². The van der Waals surface area contributed by atoms with Gasteiger partial charge in [0, 0.05) is 16.4 Å². The van der Waals surface area contributed by atoms with Gasteiger partial charge >= 0.3 is 137 Å². The number of aliphatic hydroxyl groups is 4. The normalized spacial score (nSPS) is 33.6. The number of hydrogen-bond donors (Lipinski definition) is 4. The molecule has 7 atom stereocenters. The van der Waals surface area contributed by atoms with E-state index >= 15 is 0 Å². The van der Waals surface area contributed by atoms with E-state index < -0.39 is 62.1 Å². The summed E-state index contributed by atoms with van der Waals surface area (Å²) in [5.74, 6) is 0.643. The molecule has 0 bridgehead atoms. The van der Waals surface area contributed by atoms with Crippen LogP contribution in [-0.4, -0.2) is 46.0 Å². The maximum absolute atomic E-state index is 12.5. The largest absolute Gasteiger partial charge is 1.00 e. The predicted octanol–water partition coefficient (Wildman–Crippen LogP) is 3.25. The summed E-state index contributed by atoms with van der Waals surface area (Å²) in [6.45, 7) is 14.1. The Labute approximate surface area is 357 Å². The summed E-state index contributed by atoms with van der Waals surface area (Å²) in [6.07, 6.45) is 1.34. The Kier molecular flexibility index (Phi) is 13.5. The minimum Gasteiger partial charge on any atom is -1.00 e. The number of fused-ring (bicyclic) bond motifs is 4. The molecule has 4 aliphatic rings. The van der Waals surface area contributed by atoms with Crippen LogP contribution < -0.4 is 24.8 Å². The van der Waals surface area contributed by atoms with Crippen LogP contribution in [0.4, 0.5) is 26.3 Å². The maximum atomic E-state index is 12.5. The Balaban J connectivity index is 0.000000269. The van der Waals surface area contributed by atoms with Gasteiger partial charge in [-0.1, -0.05) is 50.6 Å². The molecule has 7 unspecified atom stereocenters. The predicted molar refractivity (Wildman–Crippen MR) is 197 cm³/mol. The summed E-state index contributed by atoms with van der Waals surface area (Å²) in [6, 6.07) is 19.1. The van der Waals surface area contributed by atoms with Crippen molar-refractivity contribution in [3.05, 3.63) is 154 Å². The van der Waals surface area contributed by atoms with Crippen molar-refractivity contribution in [1.29, 1.82) is 0 Å². The van der Waals surface area contributed by atoms with Crippen LogP contribution in [0.1, 0.15) is 77.6 Å². The molecule has 0 heterocycles. The van der Waals surface area contributed by atoms with Crippen molar-refractivity contribution in [2.75, 3.05) is 0 Å². The fourth-order valence-corrected chi connectivity index (χ4v) is 9.83. The zero-order chi connectivity index (χ0) is 41.4. The Morgan fingerprint density at radius 3 is 1.46 bits per heavy atom. The summed E-state index contributed by atoms with van der Waals surface area (Å²) in [7, 11) is 0. The molecule has 3 aromatic carbocycles. The molecule has 308 valence electrons. The average Bonchev–Trinajstić information content (AvgIpc) is 3.79. The van der Waals surface area contributed by atoms with Crippen LogP contribution in [0.2, 0.25) is 0 Å². The second-order valence-corrected chi connectivity index (χ2v) is 17.2. The summed E-state index contributed by atoms with van der Waals surface area (Å²) in [5.41, 5.74) is -6.90. The first kappa shape index (κ1) is 48.7. The topological polar surface area (TPSA) is 80.9 Å². The van der Waals surface area contributed by atoms with E-state index in [2.05, 4.69) is 19.1 Å². The molecule has 1 saturated carbocycles. The van der Waals surface area contributed by atoms with Gasteiger partial charge in [-0.2, -0.15) is 35.3 Å². The van der Waals surface area contributed by atoms with E-state index in [1.807, 2.05) is 62.4 Å². The van der Waals surface area contributed by atoms with Crippen molar-refractivity contribution >= 4 is 3.21 Å². The van der Waals surface area contributed by atoms with E-state index in [1.54, 1.807) is 34.6 Å². The fourth-order valence-electron chi connectivity index (χ4n) is 9.01. The number of allylic oxidation sites excluding steroid dienone is 6. The number of alkyl halides is 6. The minimum absolute atomic E-state index is 0. The maximum Gasteiger partial charge on any atom is -0.172 e. The van der Waals surface area contributed by atoms with Crippen LogP contribution in [-0.2, 0) is 36.6 Å². The summed E-state index contributed by atoms with van der Waals surface area (Å²) < 4.78 is 75.6. The Bertz CT molecular complexity index is 1980. The number of halogens is 8. The van der Waals surface area contributed by atoms with Gasteiger partial charge in [-0.25, -0.2) is 12.1 Å². The first-order chi connectivity index (χ1) is 25.1. The van der Waals surface area contributed by atoms with Gasteiger partial charge in [-0.3, -0.25) is 0 Å². The second-order valence-electron chi connectivity index (χ2n) is 16.0. The van der Waals surface area contributed by atoms with Gasteiger partial charge in [-0.15, -0.1) is 13.0 Å². The first-order valence-electron chi connectivity index (χ1n) is 17.7. The van der Waals surface area contributed by atoms with Crippen LogP contribution in [0.5, 0.6) is 0 Å². The van der Waals surface area contributed by atoms with Crippen molar-refractivity contribution in [2.24, 2.45) is 16.2 Å². The van der Waals surface area contributed by atoms with Crippen LogP contribution in [0.25, 0.3) is 0 Å². The van der Waals surface area contributed by atoms with Gasteiger partial charge in [0.2, 0.25) is 0 Å². The minimum atomic E-state index is -4.41. The zero-order valence-electron chi connectivity index (χ0n) is 32.7. The average molecular weight is 915 g/mol. The van der Waals surface area contributed by atoms with Crippen molar-refractivity contribution in [3.8, 4) is 0 Å². The molecule has 0 saturated heterocycles. The van der Waals surface area contributed by atoms with E-state index in [1.165, 1.54) is 24.3 Å². The third-order valence-electron chi connectivity index (χ3n) is 13.5. The van der Waals surface area contributed by atoms with Crippen molar-refractivity contribution in [1.82, 2.24) is 0 Å². The molecule has 0 aromatic heterocycles. The van der Waals surface area contributed by atoms with Crippen LogP contribution in [0.15, 0.2) is 126 Å². The molecule has 0 radical (unpaired) electrons. The molecule has 7 rings (SSSR count). The monoisotopic (exact) mass is 912 g/mol. The summed E-state index contributed by atoms with van der Waals surface area (Å²) >= 11 is 0.898. The molecule has 0 spiro atoms. The van der Waals surface area contributed by atoms with Crippen molar-refractivity contribution < 1.29 is 95.8 Å². The molecule has 4 aliphatic carbocycles. The van der Waals surface area contributed by atoms with Gasteiger partial charge in [0.15, 0.2) is 0 Å². The van der Waals surface area contributed by atoms with Gasteiger partial charge in [0.05, 0.1) is 16.8 Å². The summed E-state index contributed by atoms with van der Waals surface area (Å²) in [5, 5.41) is 47.0. The fraction of sp³-hybridized carbons (Fsp3) is 0.386. The third kappa shape index (κ3) is 7.15. The van der Waals surface area contributed by atoms with E-state index in [-0.39, 0.29) is 24.8 Å². The van der Waals surface area contributed by atoms with Gasteiger partial charge in [0.25, 0.3) is 0 Å². The second kappa shape index (κ2) is 15.8. The first-order valence-corrected chi connectivity index (χ1v) is 19.0. The molecule has 1 fully saturated rings. The van der Waals surface area contributed by atoms with E-state index in [9.17, 15) is 46.8 Å². The molecule has 57 heavy (non-hydrogen) atoms. The number of hydrogen-bond acceptors (Lipinski definition) is 4. The molecule has 0 aliphatic heterocycles. The Morgan fingerprint density at radius 2 is 1.07 bits per heavy atom. The molecular weight excluding hydrogens is 869 g/mol. The van der Waals surface area contributed by atoms with E-state index in [0.717, 1.165) is 65.2 Å². The number of benzene rings is 2. The van der Waals surface area contributed by atoms with Crippen molar-refractivity contribution in [3.63, 3.8) is 0 Å². The molecule has 4 nitrogen and oxygen atoms in total. The van der Waals surface area contributed by atoms with Crippen LogP contribution >= 0.6 is 0 Å². The Hall–Kier alpha value is -2.63. The quantitative estimate of drug-likeness (QED) is 0.236. The number of rotatable bonds is 2. The van der Waals surface area contributed by atoms with Gasteiger partial charge in [-0.05, 0) is 33.1 Å². The van der Waals surface area contributed by atoms with Gasteiger partial charge in [0.1, 0.15) is 0 Å². The Morgan fingerprint density at radius 1 is 0.649 bits per heavy atom. The van der Waals surface area contributed by atoms with Crippen molar-refractivity contribution in [2.45, 2.75) is 90.1 Å². The molecule has 13 heteroatoms. The van der Waals surface area contributed by atoms with E-state index in [0.29, 0.717) is 20.3 Å². The zero-order valence-corrected chi connectivity index (χ0v) is 36.7.